The summed E-state index contributed by atoms with van der Waals surface area (Å²) in [5.74, 6) is 1.32. The first-order valence-corrected chi connectivity index (χ1v) is 10.4. The number of carbonyl (C=O) groups is 2. The van der Waals surface area contributed by atoms with Gasteiger partial charge in [0.15, 0.2) is 0 Å². The van der Waals surface area contributed by atoms with E-state index in [0.29, 0.717) is 47.4 Å². The van der Waals surface area contributed by atoms with Gasteiger partial charge in [0.25, 0.3) is 11.8 Å². The van der Waals surface area contributed by atoms with Gasteiger partial charge in [0, 0.05) is 16.8 Å². The Morgan fingerprint density at radius 1 is 1.03 bits per heavy atom. The zero-order valence-electron chi connectivity index (χ0n) is 16.8. The second-order valence-corrected chi connectivity index (χ2v) is 8.00. The molecular weight excluding hydrogens is 448 g/mol. The number of hydrogen-bond donors (Lipinski definition) is 2. The highest BCUT2D eigenvalue weighted by molar-refractivity contribution is 9.10. The van der Waals surface area contributed by atoms with Crippen LogP contribution >= 0.6 is 15.9 Å². The zero-order chi connectivity index (χ0) is 21.5. The van der Waals surface area contributed by atoms with Crippen molar-refractivity contribution in [3.05, 3.63) is 82.2 Å². The first-order chi connectivity index (χ1) is 14.4. The summed E-state index contributed by atoms with van der Waals surface area (Å²) in [6.07, 6.45) is 1.56. The third-order valence-electron chi connectivity index (χ3n) is 4.17. The normalized spacial score (nSPS) is 10.7. The van der Waals surface area contributed by atoms with Crippen LogP contribution in [-0.4, -0.2) is 18.4 Å². The third-order valence-corrected chi connectivity index (χ3v) is 4.79. The van der Waals surface area contributed by atoms with Gasteiger partial charge in [0.1, 0.15) is 11.5 Å². The van der Waals surface area contributed by atoms with Gasteiger partial charge >= 0.3 is 0 Å². The molecule has 0 fully saturated rings. The van der Waals surface area contributed by atoms with E-state index in [1.807, 2.05) is 0 Å². The van der Waals surface area contributed by atoms with Gasteiger partial charge < -0.3 is 19.8 Å². The molecule has 30 heavy (non-hydrogen) atoms. The number of anilines is 1. The van der Waals surface area contributed by atoms with Gasteiger partial charge in [-0.05, 0) is 76.4 Å². The van der Waals surface area contributed by atoms with Crippen molar-refractivity contribution in [1.82, 2.24) is 5.32 Å². The Balaban J connectivity index is 1.57. The first-order valence-electron chi connectivity index (χ1n) is 9.56. The monoisotopic (exact) mass is 470 g/mol. The van der Waals surface area contributed by atoms with Crippen LogP contribution in [-0.2, 0) is 6.54 Å². The predicted molar refractivity (Wildman–Crippen MR) is 119 cm³/mol. The second-order valence-electron chi connectivity index (χ2n) is 7.14. The molecule has 2 aromatic carbocycles. The average Bonchev–Trinajstić information content (AvgIpc) is 3.25. The summed E-state index contributed by atoms with van der Waals surface area (Å²) in [4.78, 5) is 24.7. The van der Waals surface area contributed by atoms with Crippen LogP contribution < -0.4 is 15.4 Å². The molecule has 0 unspecified atom stereocenters. The van der Waals surface area contributed by atoms with Crippen molar-refractivity contribution < 1.29 is 18.7 Å². The molecular formula is C23H23BrN2O4. The summed E-state index contributed by atoms with van der Waals surface area (Å²) in [6.45, 7) is 5.06. The highest BCUT2D eigenvalue weighted by Gasteiger charge is 2.11. The molecule has 0 atom stereocenters. The van der Waals surface area contributed by atoms with Gasteiger partial charge in [0.05, 0.1) is 23.9 Å². The number of ether oxygens (including phenoxy) is 1. The number of furan rings is 1. The van der Waals surface area contributed by atoms with Gasteiger partial charge in [-0.1, -0.05) is 13.8 Å². The van der Waals surface area contributed by atoms with E-state index in [1.165, 1.54) is 0 Å². The molecule has 2 N–H and O–H groups in total. The summed E-state index contributed by atoms with van der Waals surface area (Å²) in [5.41, 5.74) is 1.59. The maximum absolute atomic E-state index is 12.5. The van der Waals surface area contributed by atoms with E-state index in [9.17, 15) is 9.59 Å². The molecule has 0 bridgehead atoms. The summed E-state index contributed by atoms with van der Waals surface area (Å²) in [7, 11) is 0. The summed E-state index contributed by atoms with van der Waals surface area (Å²) >= 11 is 3.45. The fourth-order valence-corrected chi connectivity index (χ4v) is 3.10. The number of nitrogens with one attached hydrogen (secondary N) is 2. The number of hydrogen-bond acceptors (Lipinski definition) is 4. The lowest BCUT2D eigenvalue weighted by Crippen LogP contribution is -2.22. The lowest BCUT2D eigenvalue weighted by molar-refractivity contribution is 0.0947. The van der Waals surface area contributed by atoms with Crippen LogP contribution in [0.15, 0.2) is 69.8 Å². The van der Waals surface area contributed by atoms with E-state index in [2.05, 4.69) is 40.4 Å². The number of amides is 2. The molecule has 3 rings (SSSR count). The maximum atomic E-state index is 12.5. The van der Waals surface area contributed by atoms with Gasteiger partial charge in [0.2, 0.25) is 0 Å². The molecule has 2 amide bonds. The van der Waals surface area contributed by atoms with Crippen molar-refractivity contribution in [2.24, 2.45) is 5.92 Å². The molecule has 6 nitrogen and oxygen atoms in total. The van der Waals surface area contributed by atoms with Crippen molar-refractivity contribution >= 4 is 33.4 Å². The molecule has 0 aliphatic rings. The number of halogens is 1. The van der Waals surface area contributed by atoms with Gasteiger partial charge in [-0.3, -0.25) is 9.59 Å². The average molecular weight is 471 g/mol. The molecule has 0 radical (unpaired) electrons. The standard InChI is InChI=1S/C23H23BrN2O4/c1-15(2)14-30-21-10-7-17(12-20(21)24)23(28)26-18-8-5-16(6-9-18)22(27)25-13-19-4-3-11-29-19/h3-12,15H,13-14H2,1-2H3,(H,25,27)(H,26,28). The number of rotatable bonds is 8. The fourth-order valence-electron chi connectivity index (χ4n) is 2.61. The molecule has 156 valence electrons. The summed E-state index contributed by atoms with van der Waals surface area (Å²) in [5, 5.41) is 5.61. The van der Waals surface area contributed by atoms with E-state index < -0.39 is 0 Å². The zero-order valence-corrected chi connectivity index (χ0v) is 18.4. The lowest BCUT2D eigenvalue weighted by Gasteiger charge is -2.12. The minimum absolute atomic E-state index is 0.217. The Labute approximate surface area is 183 Å². The van der Waals surface area contributed by atoms with E-state index in [4.69, 9.17) is 9.15 Å². The molecule has 3 aromatic rings. The van der Waals surface area contributed by atoms with Crippen molar-refractivity contribution in [2.75, 3.05) is 11.9 Å². The van der Waals surface area contributed by atoms with Crippen LogP contribution in [0.3, 0.4) is 0 Å². The van der Waals surface area contributed by atoms with Crippen molar-refractivity contribution in [3.63, 3.8) is 0 Å². The van der Waals surface area contributed by atoms with Gasteiger partial charge in [-0.15, -0.1) is 0 Å². The van der Waals surface area contributed by atoms with Gasteiger partial charge in [-0.2, -0.15) is 0 Å². The highest BCUT2D eigenvalue weighted by atomic mass is 79.9. The molecule has 0 saturated carbocycles. The van der Waals surface area contributed by atoms with E-state index in [1.54, 1.807) is 60.9 Å². The Kier molecular flexibility index (Phi) is 7.30. The minimum Gasteiger partial charge on any atom is -0.492 e. The van der Waals surface area contributed by atoms with Crippen LogP contribution in [0.4, 0.5) is 5.69 Å². The molecule has 0 aliphatic heterocycles. The predicted octanol–water partition coefficient (Wildman–Crippen LogP) is 5.26. The van der Waals surface area contributed by atoms with E-state index in [0.717, 1.165) is 4.47 Å². The Morgan fingerprint density at radius 3 is 2.40 bits per heavy atom. The first kappa shape index (κ1) is 21.6. The SMILES string of the molecule is CC(C)COc1ccc(C(=O)Nc2ccc(C(=O)NCc3ccco3)cc2)cc1Br. The van der Waals surface area contributed by atoms with Gasteiger partial charge in [-0.25, -0.2) is 0 Å². The van der Waals surface area contributed by atoms with Crippen LogP contribution in [0.5, 0.6) is 5.75 Å². The number of benzene rings is 2. The summed E-state index contributed by atoms with van der Waals surface area (Å²) < 4.78 is 11.6. The largest absolute Gasteiger partial charge is 0.492 e. The molecule has 1 heterocycles. The fraction of sp³-hybridized carbons (Fsp3) is 0.217. The Bertz CT molecular complexity index is 999. The van der Waals surface area contributed by atoms with Crippen molar-refractivity contribution in [1.29, 1.82) is 0 Å². The van der Waals surface area contributed by atoms with Crippen LogP contribution in [0.25, 0.3) is 0 Å². The second kappa shape index (κ2) is 10.1. The van der Waals surface area contributed by atoms with E-state index >= 15 is 0 Å². The van der Waals surface area contributed by atoms with Crippen molar-refractivity contribution in [3.8, 4) is 5.75 Å². The minimum atomic E-state index is -0.249. The maximum Gasteiger partial charge on any atom is 0.255 e. The highest BCUT2D eigenvalue weighted by Crippen LogP contribution is 2.27. The molecule has 0 aliphatic carbocycles. The van der Waals surface area contributed by atoms with Crippen molar-refractivity contribution in [2.45, 2.75) is 20.4 Å². The third kappa shape index (κ3) is 5.97. The summed E-state index contributed by atoms with van der Waals surface area (Å²) in [6, 6.07) is 15.5. The molecule has 1 aromatic heterocycles. The Morgan fingerprint density at radius 2 is 1.77 bits per heavy atom. The van der Waals surface area contributed by atoms with Crippen LogP contribution in [0.2, 0.25) is 0 Å². The number of carbonyl (C=O) groups excluding carboxylic acids is 2. The molecule has 7 heteroatoms. The smallest absolute Gasteiger partial charge is 0.255 e. The molecule has 0 spiro atoms. The van der Waals surface area contributed by atoms with E-state index in [-0.39, 0.29) is 11.8 Å². The van der Waals surface area contributed by atoms with Crippen LogP contribution in [0, 0.1) is 5.92 Å². The lowest BCUT2D eigenvalue weighted by atomic mass is 10.1. The Hall–Kier alpha value is -3.06. The molecule has 0 saturated heterocycles. The topological polar surface area (TPSA) is 80.6 Å². The van der Waals surface area contributed by atoms with Crippen LogP contribution in [0.1, 0.15) is 40.3 Å². The quantitative estimate of drug-likeness (QED) is 0.470.